The summed E-state index contributed by atoms with van der Waals surface area (Å²) in [5.41, 5.74) is -5.01. The minimum absolute atomic E-state index is 0.0544. The molecule has 0 amide bonds. The molecule has 0 aromatic carbocycles. The number of nitrogens with one attached hydrogen (secondary N) is 1. The Morgan fingerprint density at radius 2 is 1.74 bits per heavy atom. The highest BCUT2D eigenvalue weighted by Crippen LogP contribution is 2.89. The number of fused-ring (bicyclic) bond motifs is 6. The average Bonchev–Trinajstić information content (AvgIpc) is 1.77. The summed E-state index contributed by atoms with van der Waals surface area (Å²) in [5.74, 6) is 1.02. The van der Waals surface area contributed by atoms with Gasteiger partial charge in [-0.05, 0) is 184 Å². The molecule has 14 fully saturated rings. The maximum atomic E-state index is 16.7. The quantitative estimate of drug-likeness (QED) is 0.117. The van der Waals surface area contributed by atoms with Gasteiger partial charge in [0.15, 0.2) is 11.9 Å². The Labute approximate surface area is 453 Å². The number of rotatable bonds is 7. The molecule has 9 saturated carbocycles. The third-order valence-corrected chi connectivity index (χ3v) is 28.4. The fourth-order valence-electron chi connectivity index (χ4n) is 26.2. The van der Waals surface area contributed by atoms with Gasteiger partial charge in [-0.25, -0.2) is 4.79 Å². The number of ketones is 1. The molecule has 1 aromatic heterocycles. The molecule has 0 unspecified atom stereocenters. The lowest BCUT2D eigenvalue weighted by molar-refractivity contribution is -0.281. The van der Waals surface area contributed by atoms with Gasteiger partial charge in [0, 0.05) is 41.3 Å². The molecular weight excluding hydrogens is 973 g/mol. The van der Waals surface area contributed by atoms with Crippen LogP contribution in [0.1, 0.15) is 154 Å². The van der Waals surface area contributed by atoms with E-state index in [0.29, 0.717) is 54.2 Å². The van der Waals surface area contributed by atoms with E-state index in [4.69, 9.17) is 23.4 Å². The molecule has 5 spiro atoms. The van der Waals surface area contributed by atoms with Crippen LogP contribution in [0, 0.1) is 110 Å². The Hall–Kier alpha value is -3.07. The summed E-state index contributed by atoms with van der Waals surface area (Å²) >= 11 is 0. The molecule has 13 nitrogen and oxygen atoms in total. The van der Waals surface area contributed by atoms with Crippen LogP contribution in [0.25, 0.3) is 0 Å². The normalized spacial score (nSPS) is 55.9. The summed E-state index contributed by atoms with van der Waals surface area (Å²) in [7, 11) is 0. The van der Waals surface area contributed by atoms with Gasteiger partial charge >= 0.3 is 11.9 Å². The van der Waals surface area contributed by atoms with Crippen LogP contribution in [-0.4, -0.2) is 106 Å². The van der Waals surface area contributed by atoms with Crippen molar-refractivity contribution < 1.29 is 53.1 Å². The average molecular weight is 1060 g/mol. The molecule has 416 valence electrons. The van der Waals surface area contributed by atoms with Gasteiger partial charge in [0.25, 0.3) is 0 Å². The topological polar surface area (TPSA) is 181 Å². The first-order valence-corrected chi connectivity index (χ1v) is 31.2. The van der Waals surface area contributed by atoms with E-state index in [1.165, 1.54) is 44.1 Å². The van der Waals surface area contributed by atoms with Crippen LogP contribution >= 0.6 is 0 Å². The smallest absolute Gasteiger partial charge is 0.339 e. The molecular formula is C64H84N2O11. The van der Waals surface area contributed by atoms with Crippen LogP contribution < -0.4 is 5.32 Å². The number of Topliss-reactive ketones (excluding diaryl/α,β-unsaturated/α-hetero) is 1. The Kier molecular flexibility index (Phi) is 9.80. The van der Waals surface area contributed by atoms with Crippen molar-refractivity contribution in [1.29, 1.82) is 0 Å². The molecule has 17 rings (SSSR count). The molecule has 16 aliphatic rings. The number of cyclic esters (lactones) is 2. The van der Waals surface area contributed by atoms with E-state index in [2.05, 4.69) is 56.3 Å². The van der Waals surface area contributed by atoms with Gasteiger partial charge in [0.1, 0.15) is 35.8 Å². The van der Waals surface area contributed by atoms with E-state index in [1.807, 2.05) is 6.07 Å². The number of carbonyl (C=O) groups is 3. The number of esters is 2. The number of hydrogen-bond donors (Lipinski definition) is 4. The molecule has 13 heteroatoms. The molecule has 8 heterocycles. The molecule has 77 heavy (non-hydrogen) atoms. The monoisotopic (exact) mass is 1060 g/mol. The van der Waals surface area contributed by atoms with Crippen LogP contribution in [-0.2, 0) is 39.8 Å². The minimum Gasteiger partial charge on any atom is -0.469 e. The predicted molar refractivity (Wildman–Crippen MR) is 278 cm³/mol. The first-order chi connectivity index (χ1) is 37.0. The SMILES string of the molecule is C[C@H]1[C@@H]2CCC[C@@H]2CC[C@@H]1[C@H]1C=C2C[C@@H]3CC4(CCCC4)C[C@]34C[C@H]3C[C@@]5(C)[C@H](c6ccoc6C[C@@H]([C@H]6CC[C@H]7[C@H](C=CN8CNC[C@H]78)C6)[C@H](O)CO)OC(=O)[C@H]6O[C@]65[C@]5(C)[C@H](O)C(=O)[C@@H]6[C@@]1(C)O[C@]21[C@H]4C(=O)OC[C@@]61[C@@H]35. The van der Waals surface area contributed by atoms with Crippen LogP contribution in [0.3, 0.4) is 0 Å². The van der Waals surface area contributed by atoms with Crippen molar-refractivity contribution >= 4 is 17.7 Å². The van der Waals surface area contributed by atoms with E-state index < -0.39 is 80.7 Å². The maximum Gasteiger partial charge on any atom is 0.339 e. The van der Waals surface area contributed by atoms with E-state index in [1.54, 1.807) is 6.26 Å². The second-order valence-electron chi connectivity index (χ2n) is 30.5. The van der Waals surface area contributed by atoms with Crippen molar-refractivity contribution in [3.8, 4) is 0 Å². The molecule has 1 aromatic rings. The number of hydrogen-bond acceptors (Lipinski definition) is 13. The number of aliphatic hydroxyl groups excluding tert-OH is 3. The Balaban J connectivity index is 0.812. The van der Waals surface area contributed by atoms with Crippen molar-refractivity contribution in [1.82, 2.24) is 10.2 Å². The van der Waals surface area contributed by atoms with Crippen molar-refractivity contribution in [2.24, 2.45) is 110 Å². The predicted octanol–water partition coefficient (Wildman–Crippen LogP) is 8.00. The molecule has 0 radical (unpaired) electrons. The van der Waals surface area contributed by atoms with Crippen LogP contribution in [0.2, 0.25) is 0 Å². The summed E-state index contributed by atoms with van der Waals surface area (Å²) < 4.78 is 35.8. The number of allylic oxidation sites excluding steroid dienone is 1. The molecule has 26 atom stereocenters. The molecule has 5 bridgehead atoms. The molecule has 5 saturated heterocycles. The Bertz CT molecular complexity index is 2800. The van der Waals surface area contributed by atoms with Gasteiger partial charge in [0.05, 0.1) is 48.5 Å². The molecule has 9 aliphatic carbocycles. The zero-order valence-electron chi connectivity index (χ0n) is 46.0. The summed E-state index contributed by atoms with van der Waals surface area (Å²) in [6.07, 6.45) is 22.9. The summed E-state index contributed by atoms with van der Waals surface area (Å²) in [5, 5.41) is 39.9. The standard InChI is InChI=1S/C64H84N2O11/c1-32-39-9-7-8-33(39)10-12-40(32)44-22-37-21-38-26-60(16-5-6-17-60)29-61(38)25-36-24-57(2)53(42-15-19-73-47(42)23-43(46(68)28-67)34-11-13-41-35(20-34)14-18-66-31-65-27-45(41)66)75-56(72)54-64(57,76-54)58(3)49(36)62-30-74-55(71)51(61)63(37,62)77-59(44,4)50(62)48(69)52(58)70/h14-15,18-19,22,32-36,38-41,43-46,49-54,65,67-68,70H,5-13,16-17,20-21,23-31H2,1-4H3/t32-,33+,34-,35+,36+,38+,39-,40-,41-,43-,44+,45+,46+,49-,50+,51-,52+,53-,54+,57-,58-,59-,61+,62+,63-,64+/m0/s1. The number of nitrogens with zero attached hydrogens (tertiary/aromatic N) is 1. The van der Waals surface area contributed by atoms with E-state index in [9.17, 15) is 15.3 Å². The van der Waals surface area contributed by atoms with Gasteiger partial charge in [0.2, 0.25) is 0 Å². The lowest BCUT2D eigenvalue weighted by Crippen LogP contribution is -2.80. The first kappa shape index (κ1) is 48.6. The van der Waals surface area contributed by atoms with Gasteiger partial charge in [-0.2, -0.15) is 0 Å². The highest BCUT2D eigenvalue weighted by molar-refractivity contribution is 5.94. The van der Waals surface area contributed by atoms with Gasteiger partial charge in [-0.15, -0.1) is 0 Å². The third kappa shape index (κ3) is 5.43. The van der Waals surface area contributed by atoms with Crippen molar-refractivity contribution in [3.05, 3.63) is 47.6 Å². The zero-order chi connectivity index (χ0) is 52.3. The molecule has 4 N–H and O–H groups in total. The zero-order valence-corrected chi connectivity index (χ0v) is 46.0. The summed E-state index contributed by atoms with van der Waals surface area (Å²) in [6, 6.07) is 2.41. The second-order valence-corrected chi connectivity index (χ2v) is 30.5. The van der Waals surface area contributed by atoms with Crippen LogP contribution in [0.5, 0.6) is 0 Å². The number of carbonyl (C=O) groups excluding carboxylic acids is 3. The largest absolute Gasteiger partial charge is 0.469 e. The van der Waals surface area contributed by atoms with Crippen LogP contribution in [0.4, 0.5) is 0 Å². The Morgan fingerprint density at radius 3 is 2.57 bits per heavy atom. The second kappa shape index (κ2) is 15.5. The number of epoxide rings is 1. The highest BCUT2D eigenvalue weighted by atomic mass is 16.7. The number of ether oxygens (including phenoxy) is 4. The highest BCUT2D eigenvalue weighted by Gasteiger charge is 2.97. The summed E-state index contributed by atoms with van der Waals surface area (Å²) in [4.78, 5) is 49.8. The lowest BCUT2D eigenvalue weighted by Gasteiger charge is -2.70. The fourth-order valence-corrected chi connectivity index (χ4v) is 26.2. The minimum atomic E-state index is -1.49. The van der Waals surface area contributed by atoms with E-state index in [0.717, 1.165) is 88.9 Å². The van der Waals surface area contributed by atoms with Crippen molar-refractivity contribution in [2.75, 3.05) is 26.4 Å². The number of furan rings is 1. The first-order valence-electron chi connectivity index (χ1n) is 31.2. The Morgan fingerprint density at radius 1 is 0.909 bits per heavy atom. The van der Waals surface area contributed by atoms with Crippen LogP contribution in [0.15, 0.2) is 40.7 Å². The fraction of sp³-hybridized carbons (Fsp3) is 0.828. The van der Waals surface area contributed by atoms with E-state index in [-0.39, 0.29) is 65.9 Å². The van der Waals surface area contributed by atoms with Gasteiger partial charge in [-0.3, -0.25) is 14.9 Å². The summed E-state index contributed by atoms with van der Waals surface area (Å²) in [6.45, 7) is 10.6. The third-order valence-electron chi connectivity index (χ3n) is 28.4. The number of aliphatic hydroxyl groups is 3. The lowest BCUT2D eigenvalue weighted by atomic mass is 9.32. The maximum absolute atomic E-state index is 16.7. The van der Waals surface area contributed by atoms with Gasteiger partial charge in [-0.1, -0.05) is 58.6 Å². The van der Waals surface area contributed by atoms with Crippen molar-refractivity contribution in [2.45, 2.75) is 191 Å². The van der Waals surface area contributed by atoms with Crippen molar-refractivity contribution in [3.63, 3.8) is 0 Å². The molecule has 7 aliphatic heterocycles. The van der Waals surface area contributed by atoms with E-state index >= 15 is 14.4 Å². The van der Waals surface area contributed by atoms with Gasteiger partial charge < -0.3 is 43.6 Å².